The van der Waals surface area contributed by atoms with Crippen LogP contribution in [0.25, 0.3) is 0 Å². The molecule has 1 unspecified atom stereocenters. The van der Waals surface area contributed by atoms with Crippen molar-refractivity contribution < 1.29 is 17.6 Å². The van der Waals surface area contributed by atoms with Crippen molar-refractivity contribution in [2.75, 3.05) is 12.8 Å². The normalized spacial score (nSPS) is 20.0. The van der Waals surface area contributed by atoms with E-state index in [9.17, 15) is 17.6 Å². The highest BCUT2D eigenvalue weighted by atomic mass is 32.2. The highest BCUT2D eigenvalue weighted by molar-refractivity contribution is 7.88. The number of nitrogens with zero attached hydrogens (tertiary/aromatic N) is 1. The quantitative estimate of drug-likeness (QED) is 0.897. The van der Waals surface area contributed by atoms with E-state index in [2.05, 4.69) is 5.32 Å². The number of nitrogens with one attached hydrogen (secondary N) is 1. The van der Waals surface area contributed by atoms with Crippen molar-refractivity contribution in [1.29, 1.82) is 0 Å². The zero-order valence-electron chi connectivity index (χ0n) is 11.2. The van der Waals surface area contributed by atoms with Crippen LogP contribution in [0.1, 0.15) is 18.4 Å². The van der Waals surface area contributed by atoms with Crippen molar-refractivity contribution in [1.82, 2.24) is 9.62 Å². The van der Waals surface area contributed by atoms with Gasteiger partial charge in [-0.2, -0.15) is 4.31 Å². The Morgan fingerprint density at radius 2 is 2.15 bits per heavy atom. The van der Waals surface area contributed by atoms with Gasteiger partial charge in [-0.15, -0.1) is 0 Å². The Hall–Kier alpha value is -1.47. The van der Waals surface area contributed by atoms with E-state index in [4.69, 9.17) is 0 Å². The predicted octanol–water partition coefficient (Wildman–Crippen LogP) is 0.866. The second-order valence-electron chi connectivity index (χ2n) is 4.84. The Kier molecular flexibility index (Phi) is 4.39. The maximum Gasteiger partial charge on any atom is 0.238 e. The molecule has 110 valence electrons. The van der Waals surface area contributed by atoms with Crippen LogP contribution in [0, 0.1) is 5.82 Å². The number of sulfonamides is 1. The van der Waals surface area contributed by atoms with E-state index in [1.807, 2.05) is 0 Å². The summed E-state index contributed by atoms with van der Waals surface area (Å²) in [5, 5.41) is 2.60. The summed E-state index contributed by atoms with van der Waals surface area (Å²) < 4.78 is 37.7. The smallest absolute Gasteiger partial charge is 0.238 e. The van der Waals surface area contributed by atoms with Crippen LogP contribution in [0.4, 0.5) is 4.39 Å². The summed E-state index contributed by atoms with van der Waals surface area (Å²) in [5.74, 6) is -0.768. The van der Waals surface area contributed by atoms with Crippen LogP contribution in [-0.4, -0.2) is 37.5 Å². The van der Waals surface area contributed by atoms with Gasteiger partial charge in [-0.05, 0) is 18.9 Å². The molecule has 1 atom stereocenters. The topological polar surface area (TPSA) is 66.5 Å². The molecule has 1 fully saturated rings. The number of hydrogen-bond donors (Lipinski definition) is 1. The van der Waals surface area contributed by atoms with Gasteiger partial charge in [-0.25, -0.2) is 12.8 Å². The lowest BCUT2D eigenvalue weighted by atomic mass is 10.2. The zero-order valence-corrected chi connectivity index (χ0v) is 12.0. The number of carbonyl (C=O) groups excluding carboxylic acids is 1. The van der Waals surface area contributed by atoms with Crippen LogP contribution in [0.5, 0.6) is 0 Å². The van der Waals surface area contributed by atoms with E-state index in [1.165, 1.54) is 10.4 Å². The second kappa shape index (κ2) is 5.88. The van der Waals surface area contributed by atoms with Crippen LogP contribution >= 0.6 is 0 Å². The first kappa shape index (κ1) is 14.9. The molecule has 0 bridgehead atoms. The molecule has 0 aromatic heterocycles. The highest BCUT2D eigenvalue weighted by Crippen LogP contribution is 2.20. The molecule has 1 saturated heterocycles. The first-order valence-corrected chi connectivity index (χ1v) is 8.22. The molecule has 0 spiro atoms. The lowest BCUT2D eigenvalue weighted by Gasteiger charge is -2.21. The summed E-state index contributed by atoms with van der Waals surface area (Å²) in [5.41, 5.74) is 0.379. The predicted molar refractivity (Wildman–Crippen MR) is 72.8 cm³/mol. The van der Waals surface area contributed by atoms with Crippen LogP contribution in [-0.2, 0) is 21.4 Å². The van der Waals surface area contributed by atoms with Crippen LogP contribution in [0.2, 0.25) is 0 Å². The highest BCUT2D eigenvalue weighted by Gasteiger charge is 2.36. The van der Waals surface area contributed by atoms with Crippen molar-refractivity contribution >= 4 is 15.9 Å². The van der Waals surface area contributed by atoms with Gasteiger partial charge in [0.05, 0.1) is 6.26 Å². The van der Waals surface area contributed by atoms with Gasteiger partial charge in [-0.1, -0.05) is 18.2 Å². The SMILES string of the molecule is CS(=O)(=O)N1CCCC1C(=O)NCc1ccccc1F. The third kappa shape index (κ3) is 3.34. The fourth-order valence-electron chi connectivity index (χ4n) is 2.34. The summed E-state index contributed by atoms with van der Waals surface area (Å²) in [6.07, 6.45) is 2.25. The van der Waals surface area contributed by atoms with Crippen LogP contribution in [0.15, 0.2) is 24.3 Å². The maximum atomic E-state index is 13.4. The monoisotopic (exact) mass is 300 g/mol. The Bertz CT molecular complexity index is 603. The van der Waals surface area contributed by atoms with Crippen LogP contribution in [0.3, 0.4) is 0 Å². The fraction of sp³-hybridized carbons (Fsp3) is 0.462. The minimum Gasteiger partial charge on any atom is -0.351 e. The largest absolute Gasteiger partial charge is 0.351 e. The Balaban J connectivity index is 2.00. The van der Waals surface area contributed by atoms with Crippen molar-refractivity contribution in [2.24, 2.45) is 0 Å². The van der Waals surface area contributed by atoms with E-state index in [1.54, 1.807) is 18.2 Å². The van der Waals surface area contributed by atoms with E-state index in [0.717, 1.165) is 6.26 Å². The molecule has 1 heterocycles. The van der Waals surface area contributed by atoms with Gasteiger partial charge in [0, 0.05) is 18.7 Å². The van der Waals surface area contributed by atoms with Crippen molar-refractivity contribution in [3.8, 4) is 0 Å². The van der Waals surface area contributed by atoms with Gasteiger partial charge in [0.25, 0.3) is 0 Å². The average molecular weight is 300 g/mol. The molecule has 1 aliphatic heterocycles. The third-order valence-corrected chi connectivity index (χ3v) is 4.63. The van der Waals surface area contributed by atoms with Gasteiger partial charge < -0.3 is 5.32 Å². The lowest BCUT2D eigenvalue weighted by Crippen LogP contribution is -2.45. The first-order chi connectivity index (χ1) is 9.39. The van der Waals surface area contributed by atoms with Gasteiger partial charge in [0.2, 0.25) is 15.9 Å². The molecule has 0 saturated carbocycles. The number of rotatable bonds is 4. The van der Waals surface area contributed by atoms with Gasteiger partial charge in [0.15, 0.2) is 0 Å². The molecule has 1 N–H and O–H groups in total. The number of benzene rings is 1. The number of halogens is 1. The summed E-state index contributed by atoms with van der Waals surface area (Å²) in [7, 11) is -3.39. The lowest BCUT2D eigenvalue weighted by molar-refractivity contribution is -0.124. The van der Waals surface area contributed by atoms with Crippen molar-refractivity contribution in [2.45, 2.75) is 25.4 Å². The second-order valence-corrected chi connectivity index (χ2v) is 6.78. The number of hydrogen-bond acceptors (Lipinski definition) is 3. The molecule has 5 nitrogen and oxygen atoms in total. The Labute approximate surface area is 117 Å². The van der Waals surface area contributed by atoms with E-state index >= 15 is 0 Å². The van der Waals surface area contributed by atoms with Gasteiger partial charge >= 0.3 is 0 Å². The summed E-state index contributed by atoms with van der Waals surface area (Å²) in [6.45, 7) is 0.413. The minimum atomic E-state index is -3.39. The Morgan fingerprint density at radius 1 is 1.45 bits per heavy atom. The molecule has 0 radical (unpaired) electrons. The Morgan fingerprint density at radius 3 is 2.80 bits per heavy atom. The fourth-order valence-corrected chi connectivity index (χ4v) is 3.47. The van der Waals surface area contributed by atoms with Crippen molar-refractivity contribution in [3.05, 3.63) is 35.6 Å². The number of carbonyl (C=O) groups is 1. The average Bonchev–Trinajstić information content (AvgIpc) is 2.86. The molecule has 20 heavy (non-hydrogen) atoms. The van der Waals surface area contributed by atoms with Gasteiger partial charge in [0.1, 0.15) is 11.9 Å². The molecular weight excluding hydrogens is 283 g/mol. The third-order valence-electron chi connectivity index (χ3n) is 3.34. The standard InChI is InChI=1S/C13H17FN2O3S/c1-20(18,19)16-8-4-7-12(16)13(17)15-9-10-5-2-3-6-11(10)14/h2-3,5-6,12H,4,7-9H2,1H3,(H,15,17). The maximum absolute atomic E-state index is 13.4. The van der Waals surface area contributed by atoms with E-state index in [0.29, 0.717) is 24.9 Å². The summed E-state index contributed by atoms with van der Waals surface area (Å²) in [4.78, 5) is 12.0. The van der Waals surface area contributed by atoms with Gasteiger partial charge in [-0.3, -0.25) is 4.79 Å². The zero-order chi connectivity index (χ0) is 14.8. The summed E-state index contributed by atoms with van der Waals surface area (Å²) >= 11 is 0. The van der Waals surface area contributed by atoms with Crippen molar-refractivity contribution in [3.63, 3.8) is 0 Å². The van der Waals surface area contributed by atoms with E-state index < -0.39 is 16.1 Å². The molecule has 0 aliphatic carbocycles. The first-order valence-electron chi connectivity index (χ1n) is 6.37. The molecule has 1 aliphatic rings. The minimum absolute atomic E-state index is 0.0552. The molecule has 2 rings (SSSR count). The molecule has 1 aromatic rings. The molecule has 1 aromatic carbocycles. The summed E-state index contributed by atoms with van der Waals surface area (Å²) in [6, 6.07) is 5.47. The van der Waals surface area contributed by atoms with Crippen LogP contribution < -0.4 is 5.32 Å². The molecular formula is C13H17FN2O3S. The number of amides is 1. The molecule has 7 heteroatoms. The molecule has 1 amide bonds. The van der Waals surface area contributed by atoms with E-state index in [-0.39, 0.29) is 18.3 Å².